The number of ether oxygens (including phenoxy) is 1. The van der Waals surface area contributed by atoms with E-state index in [1.807, 2.05) is 13.8 Å². The maximum atomic E-state index is 14.2. The third-order valence-electron chi connectivity index (χ3n) is 3.93. The molecule has 19 heavy (non-hydrogen) atoms. The van der Waals surface area contributed by atoms with Crippen LogP contribution < -0.4 is 0 Å². The lowest BCUT2D eigenvalue weighted by Crippen LogP contribution is -2.44. The molecule has 0 amide bonds. The van der Waals surface area contributed by atoms with Crippen LogP contribution >= 0.6 is 0 Å². The van der Waals surface area contributed by atoms with Crippen LogP contribution in [0, 0.1) is 18.6 Å². The Morgan fingerprint density at radius 3 is 2.16 bits per heavy atom. The van der Waals surface area contributed by atoms with Gasteiger partial charge in [-0.25, -0.2) is 8.78 Å². The van der Waals surface area contributed by atoms with E-state index in [0.717, 1.165) is 0 Å². The van der Waals surface area contributed by atoms with Gasteiger partial charge in [-0.2, -0.15) is 0 Å². The molecular weight excluding hydrogens is 250 g/mol. The number of benzene rings is 1. The molecule has 106 valence electrons. The molecule has 1 aromatic rings. The average Bonchev–Trinajstić information content (AvgIpc) is 2.39. The van der Waals surface area contributed by atoms with Gasteiger partial charge in [0.2, 0.25) is 0 Å². The molecule has 0 aliphatic carbocycles. The fourth-order valence-electron chi connectivity index (χ4n) is 3.03. The zero-order valence-electron chi connectivity index (χ0n) is 12.0. The molecule has 1 aliphatic rings. The summed E-state index contributed by atoms with van der Waals surface area (Å²) < 4.78 is 33.7. The molecule has 1 saturated heterocycles. The standard InChI is InChI=1S/C15H20F2O2/c1-9-6-7-10(12(17)11(9)16)15(18)8-13(2,3)19-14(15,4)5/h6-7,18H,8H2,1-5H3. The van der Waals surface area contributed by atoms with E-state index in [2.05, 4.69) is 0 Å². The van der Waals surface area contributed by atoms with Crippen molar-refractivity contribution in [1.29, 1.82) is 0 Å². The summed E-state index contributed by atoms with van der Waals surface area (Å²) in [5.74, 6) is -1.90. The molecule has 1 atom stereocenters. The number of hydrogen-bond donors (Lipinski definition) is 1. The summed E-state index contributed by atoms with van der Waals surface area (Å²) >= 11 is 0. The first-order chi connectivity index (χ1) is 8.50. The molecule has 0 saturated carbocycles. The van der Waals surface area contributed by atoms with Gasteiger partial charge in [-0.15, -0.1) is 0 Å². The van der Waals surface area contributed by atoms with Crippen LogP contribution in [0.25, 0.3) is 0 Å². The van der Waals surface area contributed by atoms with Crippen LogP contribution in [0.15, 0.2) is 12.1 Å². The van der Waals surface area contributed by atoms with Crippen molar-refractivity contribution in [3.63, 3.8) is 0 Å². The Morgan fingerprint density at radius 2 is 1.68 bits per heavy atom. The Balaban J connectivity index is 2.61. The van der Waals surface area contributed by atoms with Gasteiger partial charge in [0, 0.05) is 12.0 Å². The number of aryl methyl sites for hydroxylation is 1. The van der Waals surface area contributed by atoms with Gasteiger partial charge in [0.1, 0.15) is 5.60 Å². The van der Waals surface area contributed by atoms with Crippen LogP contribution in [-0.2, 0) is 10.3 Å². The van der Waals surface area contributed by atoms with Gasteiger partial charge in [0.05, 0.1) is 11.2 Å². The number of rotatable bonds is 1. The molecule has 1 unspecified atom stereocenters. The molecule has 0 spiro atoms. The van der Waals surface area contributed by atoms with Crippen molar-refractivity contribution < 1.29 is 18.6 Å². The number of aliphatic hydroxyl groups is 1. The van der Waals surface area contributed by atoms with E-state index in [4.69, 9.17) is 4.74 Å². The van der Waals surface area contributed by atoms with Crippen molar-refractivity contribution in [3.8, 4) is 0 Å². The lowest BCUT2D eigenvalue weighted by atomic mass is 9.76. The largest absolute Gasteiger partial charge is 0.382 e. The zero-order chi connectivity index (χ0) is 14.6. The highest BCUT2D eigenvalue weighted by molar-refractivity contribution is 5.34. The third kappa shape index (κ3) is 2.07. The summed E-state index contributed by atoms with van der Waals surface area (Å²) in [5.41, 5.74) is -2.94. The normalized spacial score (nSPS) is 28.6. The SMILES string of the molecule is Cc1ccc(C2(O)CC(C)(C)OC2(C)C)c(F)c1F. The van der Waals surface area contributed by atoms with E-state index in [1.54, 1.807) is 13.8 Å². The minimum atomic E-state index is -1.55. The van der Waals surface area contributed by atoms with Crippen molar-refractivity contribution in [1.82, 2.24) is 0 Å². The number of halogens is 2. The summed E-state index contributed by atoms with van der Waals surface area (Å²) in [5, 5.41) is 10.9. The highest BCUT2D eigenvalue weighted by Gasteiger charge is 2.58. The van der Waals surface area contributed by atoms with Crippen LogP contribution in [0.4, 0.5) is 8.78 Å². The summed E-state index contributed by atoms with van der Waals surface area (Å²) in [6, 6.07) is 2.92. The molecule has 1 heterocycles. The van der Waals surface area contributed by atoms with Gasteiger partial charge < -0.3 is 9.84 Å². The second-order valence-corrected chi connectivity index (χ2v) is 6.47. The molecule has 0 aromatic heterocycles. The van der Waals surface area contributed by atoms with E-state index in [1.165, 1.54) is 19.1 Å². The van der Waals surface area contributed by atoms with Gasteiger partial charge >= 0.3 is 0 Å². The fourth-order valence-corrected chi connectivity index (χ4v) is 3.03. The van der Waals surface area contributed by atoms with Gasteiger partial charge in [-0.3, -0.25) is 0 Å². The quantitative estimate of drug-likeness (QED) is 0.847. The van der Waals surface area contributed by atoms with E-state index in [-0.39, 0.29) is 17.5 Å². The van der Waals surface area contributed by atoms with E-state index in [0.29, 0.717) is 0 Å². The maximum Gasteiger partial charge on any atom is 0.165 e. The highest BCUT2D eigenvalue weighted by Crippen LogP contribution is 2.51. The molecular formula is C15H20F2O2. The van der Waals surface area contributed by atoms with Gasteiger partial charge in [0.25, 0.3) is 0 Å². The summed E-state index contributed by atoms with van der Waals surface area (Å²) in [4.78, 5) is 0. The first-order valence-electron chi connectivity index (χ1n) is 6.38. The molecule has 4 heteroatoms. The van der Waals surface area contributed by atoms with Gasteiger partial charge in [0.15, 0.2) is 11.6 Å². The first-order valence-corrected chi connectivity index (χ1v) is 6.38. The van der Waals surface area contributed by atoms with Crippen molar-refractivity contribution in [2.45, 2.75) is 57.8 Å². The van der Waals surface area contributed by atoms with Gasteiger partial charge in [-0.1, -0.05) is 12.1 Å². The molecule has 2 nitrogen and oxygen atoms in total. The lowest BCUT2D eigenvalue weighted by molar-refractivity contribution is -0.131. The van der Waals surface area contributed by atoms with Crippen molar-refractivity contribution >= 4 is 0 Å². The smallest absolute Gasteiger partial charge is 0.165 e. The molecule has 1 aromatic carbocycles. The second-order valence-electron chi connectivity index (χ2n) is 6.47. The molecule has 1 fully saturated rings. The minimum Gasteiger partial charge on any atom is -0.382 e. The Morgan fingerprint density at radius 1 is 1.11 bits per heavy atom. The fraction of sp³-hybridized carbons (Fsp3) is 0.600. The average molecular weight is 270 g/mol. The van der Waals surface area contributed by atoms with Crippen molar-refractivity contribution in [2.24, 2.45) is 0 Å². The molecule has 1 N–H and O–H groups in total. The predicted molar refractivity (Wildman–Crippen MR) is 68.9 cm³/mol. The number of hydrogen-bond acceptors (Lipinski definition) is 2. The molecule has 0 radical (unpaired) electrons. The van der Waals surface area contributed by atoms with Crippen molar-refractivity contribution in [3.05, 3.63) is 34.9 Å². The Kier molecular flexibility index (Phi) is 3.03. The Hall–Kier alpha value is -1.00. The first kappa shape index (κ1) is 14.4. The molecule has 0 bridgehead atoms. The molecule has 1 aliphatic heterocycles. The lowest BCUT2D eigenvalue weighted by Gasteiger charge is -2.35. The minimum absolute atomic E-state index is 0.0359. The second kappa shape index (κ2) is 4.00. The highest BCUT2D eigenvalue weighted by atomic mass is 19.2. The third-order valence-corrected chi connectivity index (χ3v) is 3.93. The van der Waals surface area contributed by atoms with Crippen molar-refractivity contribution in [2.75, 3.05) is 0 Å². The summed E-state index contributed by atoms with van der Waals surface area (Å²) in [6.45, 7) is 8.54. The van der Waals surface area contributed by atoms with Crippen LogP contribution in [0.2, 0.25) is 0 Å². The predicted octanol–water partition coefficient (Wildman–Crippen LogP) is 3.44. The van der Waals surface area contributed by atoms with Crippen LogP contribution in [-0.4, -0.2) is 16.3 Å². The molecule has 2 rings (SSSR count). The van der Waals surface area contributed by atoms with Crippen LogP contribution in [0.3, 0.4) is 0 Å². The maximum absolute atomic E-state index is 14.2. The van der Waals surface area contributed by atoms with E-state index >= 15 is 0 Å². The monoisotopic (exact) mass is 270 g/mol. The van der Waals surface area contributed by atoms with Crippen LogP contribution in [0.5, 0.6) is 0 Å². The summed E-state index contributed by atoms with van der Waals surface area (Å²) in [6.07, 6.45) is 0.215. The topological polar surface area (TPSA) is 29.5 Å². The van der Waals surface area contributed by atoms with Gasteiger partial charge in [-0.05, 0) is 40.2 Å². The van der Waals surface area contributed by atoms with E-state index in [9.17, 15) is 13.9 Å². The Labute approximate surface area is 112 Å². The van der Waals surface area contributed by atoms with Crippen LogP contribution in [0.1, 0.15) is 45.2 Å². The summed E-state index contributed by atoms with van der Waals surface area (Å²) in [7, 11) is 0. The Bertz CT molecular complexity index is 523. The zero-order valence-corrected chi connectivity index (χ0v) is 12.0. The van der Waals surface area contributed by atoms with E-state index < -0.39 is 28.4 Å².